The molecule has 0 saturated heterocycles. The number of carbonyl (C=O) groups excluding carboxylic acids is 1. The number of H-pyrrole nitrogens is 1. The van der Waals surface area contributed by atoms with Gasteiger partial charge in [-0.1, -0.05) is 15.9 Å². The predicted molar refractivity (Wildman–Crippen MR) is 81.8 cm³/mol. The van der Waals surface area contributed by atoms with Crippen LogP contribution in [0.4, 0.5) is 5.69 Å². The van der Waals surface area contributed by atoms with E-state index in [0.717, 1.165) is 4.47 Å². The molecule has 0 bridgehead atoms. The largest absolute Gasteiger partial charge is 0.464 e. The normalized spacial score (nSPS) is 11.2. The minimum absolute atomic E-state index is 0.0655. The summed E-state index contributed by atoms with van der Waals surface area (Å²) >= 11 is 3.24. The molecule has 6 nitrogen and oxygen atoms in total. The number of hydrogen-bond acceptors (Lipinski definition) is 4. The fourth-order valence-corrected chi connectivity index (χ4v) is 3.08. The Balaban J connectivity index is 2.37. The Morgan fingerprint density at radius 3 is 2.48 bits per heavy atom. The van der Waals surface area contributed by atoms with Crippen LogP contribution in [-0.2, 0) is 14.8 Å². The molecule has 1 heterocycles. The molecule has 21 heavy (non-hydrogen) atoms. The molecule has 8 heteroatoms. The number of carbonyl (C=O) groups is 1. The summed E-state index contributed by atoms with van der Waals surface area (Å²) in [5, 5.41) is 0. The number of aryl methyl sites for hydroxylation is 1. The summed E-state index contributed by atoms with van der Waals surface area (Å²) in [5.41, 5.74) is 0.863. The summed E-state index contributed by atoms with van der Waals surface area (Å²) < 4.78 is 32.4. The molecule has 0 radical (unpaired) electrons. The van der Waals surface area contributed by atoms with Gasteiger partial charge >= 0.3 is 5.97 Å². The first-order chi connectivity index (χ1) is 9.83. The SMILES string of the molecule is COC(=O)c1[nH]c(C)cc1NS(=O)(=O)c1ccc(Br)cc1. The van der Waals surface area contributed by atoms with E-state index in [2.05, 4.69) is 30.4 Å². The Morgan fingerprint density at radius 2 is 1.90 bits per heavy atom. The molecule has 2 rings (SSSR count). The van der Waals surface area contributed by atoms with Gasteiger partial charge in [0.1, 0.15) is 5.69 Å². The average Bonchev–Trinajstić information content (AvgIpc) is 2.78. The molecule has 2 aromatic rings. The third kappa shape index (κ3) is 3.45. The maximum atomic E-state index is 12.3. The number of ether oxygens (including phenoxy) is 1. The van der Waals surface area contributed by atoms with Gasteiger partial charge in [0.25, 0.3) is 10.0 Å². The molecule has 2 N–H and O–H groups in total. The van der Waals surface area contributed by atoms with Crippen LogP contribution in [-0.4, -0.2) is 26.5 Å². The van der Waals surface area contributed by atoms with Crippen molar-refractivity contribution in [3.63, 3.8) is 0 Å². The van der Waals surface area contributed by atoms with Gasteiger partial charge in [0.2, 0.25) is 0 Å². The molecule has 0 spiro atoms. The monoisotopic (exact) mass is 372 g/mol. The number of rotatable bonds is 4. The molecular weight excluding hydrogens is 360 g/mol. The lowest BCUT2D eigenvalue weighted by Crippen LogP contribution is -2.15. The summed E-state index contributed by atoms with van der Waals surface area (Å²) in [4.78, 5) is 14.5. The fourth-order valence-electron chi connectivity index (χ4n) is 1.75. The molecule has 1 aromatic carbocycles. The second-order valence-corrected chi connectivity index (χ2v) is 6.89. The molecule has 0 atom stereocenters. The second kappa shape index (κ2) is 5.90. The number of benzene rings is 1. The van der Waals surface area contributed by atoms with Crippen molar-refractivity contribution < 1.29 is 17.9 Å². The lowest BCUT2D eigenvalue weighted by molar-refractivity contribution is 0.0596. The van der Waals surface area contributed by atoms with Crippen LogP contribution in [0.1, 0.15) is 16.2 Å². The van der Waals surface area contributed by atoms with Crippen molar-refractivity contribution in [3.8, 4) is 0 Å². The van der Waals surface area contributed by atoms with Gasteiger partial charge in [0.05, 0.1) is 17.7 Å². The first kappa shape index (κ1) is 15.6. The van der Waals surface area contributed by atoms with Gasteiger partial charge in [0.15, 0.2) is 0 Å². The van der Waals surface area contributed by atoms with E-state index in [1.54, 1.807) is 19.1 Å². The minimum Gasteiger partial charge on any atom is -0.464 e. The van der Waals surface area contributed by atoms with Gasteiger partial charge in [-0.15, -0.1) is 0 Å². The Hall–Kier alpha value is -1.80. The third-order valence-corrected chi connectivity index (χ3v) is 4.62. The standard InChI is InChI=1S/C13H13BrN2O4S/c1-8-7-11(12(15-8)13(17)20-2)16-21(18,19)10-5-3-9(14)4-6-10/h3-7,15-16H,1-2H3. The highest BCUT2D eigenvalue weighted by Gasteiger charge is 2.21. The van der Waals surface area contributed by atoms with E-state index >= 15 is 0 Å². The highest BCUT2D eigenvalue weighted by molar-refractivity contribution is 9.10. The van der Waals surface area contributed by atoms with Crippen molar-refractivity contribution in [1.82, 2.24) is 4.98 Å². The number of halogens is 1. The molecule has 0 amide bonds. The van der Waals surface area contributed by atoms with E-state index in [1.807, 2.05) is 0 Å². The Kier molecular flexibility index (Phi) is 4.38. The number of anilines is 1. The van der Waals surface area contributed by atoms with E-state index in [1.165, 1.54) is 25.3 Å². The summed E-state index contributed by atoms with van der Waals surface area (Å²) in [6.45, 7) is 1.71. The van der Waals surface area contributed by atoms with Crippen molar-refractivity contribution in [3.05, 3.63) is 46.2 Å². The maximum absolute atomic E-state index is 12.3. The topological polar surface area (TPSA) is 88.3 Å². The molecule has 0 fully saturated rings. The Morgan fingerprint density at radius 1 is 1.29 bits per heavy atom. The molecule has 0 aliphatic rings. The molecule has 0 aliphatic carbocycles. The quantitative estimate of drug-likeness (QED) is 0.807. The number of methoxy groups -OCH3 is 1. The zero-order valence-corrected chi connectivity index (χ0v) is 13.7. The number of sulfonamides is 1. The fraction of sp³-hybridized carbons (Fsp3) is 0.154. The van der Waals surface area contributed by atoms with Gasteiger partial charge < -0.3 is 9.72 Å². The van der Waals surface area contributed by atoms with E-state index < -0.39 is 16.0 Å². The molecule has 0 unspecified atom stereocenters. The van der Waals surface area contributed by atoms with Gasteiger partial charge in [-0.2, -0.15) is 0 Å². The van der Waals surface area contributed by atoms with Crippen molar-refractivity contribution in [2.24, 2.45) is 0 Å². The van der Waals surface area contributed by atoms with Crippen LogP contribution in [0.3, 0.4) is 0 Å². The highest BCUT2D eigenvalue weighted by atomic mass is 79.9. The number of esters is 1. The van der Waals surface area contributed by atoms with Crippen LogP contribution in [0.25, 0.3) is 0 Å². The number of nitrogens with one attached hydrogen (secondary N) is 2. The van der Waals surface area contributed by atoms with Crippen LogP contribution in [0.5, 0.6) is 0 Å². The van der Waals surface area contributed by atoms with Crippen molar-refractivity contribution in [2.45, 2.75) is 11.8 Å². The molecule has 0 aliphatic heterocycles. The average molecular weight is 373 g/mol. The smallest absolute Gasteiger partial charge is 0.356 e. The number of aromatic amines is 1. The van der Waals surface area contributed by atoms with E-state index in [4.69, 9.17) is 0 Å². The predicted octanol–water partition coefficient (Wildman–Crippen LogP) is 2.67. The maximum Gasteiger partial charge on any atom is 0.356 e. The third-order valence-electron chi connectivity index (χ3n) is 2.71. The molecule has 112 valence electrons. The van der Waals surface area contributed by atoms with Crippen LogP contribution < -0.4 is 4.72 Å². The van der Waals surface area contributed by atoms with Gasteiger partial charge in [-0.05, 0) is 37.3 Å². The van der Waals surface area contributed by atoms with Crippen molar-refractivity contribution in [2.75, 3.05) is 11.8 Å². The van der Waals surface area contributed by atoms with Crippen LogP contribution in [0, 0.1) is 6.92 Å². The first-order valence-corrected chi connectivity index (χ1v) is 8.17. The van der Waals surface area contributed by atoms with Crippen molar-refractivity contribution >= 4 is 37.6 Å². The van der Waals surface area contributed by atoms with Crippen LogP contribution >= 0.6 is 15.9 Å². The zero-order valence-electron chi connectivity index (χ0n) is 11.3. The van der Waals surface area contributed by atoms with E-state index in [0.29, 0.717) is 5.69 Å². The molecule has 1 aromatic heterocycles. The van der Waals surface area contributed by atoms with Crippen LogP contribution in [0.2, 0.25) is 0 Å². The second-order valence-electron chi connectivity index (χ2n) is 4.29. The van der Waals surface area contributed by atoms with E-state index in [9.17, 15) is 13.2 Å². The Labute approximate surface area is 130 Å². The lowest BCUT2D eigenvalue weighted by atomic mass is 10.4. The van der Waals surface area contributed by atoms with Gasteiger partial charge in [-0.25, -0.2) is 13.2 Å². The lowest BCUT2D eigenvalue weighted by Gasteiger charge is -2.08. The van der Waals surface area contributed by atoms with Gasteiger partial charge in [-0.3, -0.25) is 4.72 Å². The first-order valence-electron chi connectivity index (χ1n) is 5.90. The van der Waals surface area contributed by atoms with Crippen LogP contribution in [0.15, 0.2) is 39.7 Å². The molecular formula is C13H13BrN2O4S. The van der Waals surface area contributed by atoms with Gasteiger partial charge in [0, 0.05) is 10.2 Å². The summed E-state index contributed by atoms with van der Waals surface area (Å²) in [5.74, 6) is -0.642. The Bertz CT molecular complexity index is 766. The van der Waals surface area contributed by atoms with Crippen molar-refractivity contribution in [1.29, 1.82) is 0 Å². The van der Waals surface area contributed by atoms with E-state index in [-0.39, 0.29) is 16.3 Å². The minimum atomic E-state index is -3.78. The number of aromatic nitrogens is 1. The number of hydrogen-bond donors (Lipinski definition) is 2. The summed E-state index contributed by atoms with van der Waals surface area (Å²) in [7, 11) is -2.55. The molecule has 0 saturated carbocycles. The highest BCUT2D eigenvalue weighted by Crippen LogP contribution is 2.23. The summed E-state index contributed by atoms with van der Waals surface area (Å²) in [6.07, 6.45) is 0. The summed E-state index contributed by atoms with van der Waals surface area (Å²) in [6, 6.07) is 7.70. The zero-order chi connectivity index (χ0) is 15.6.